The van der Waals surface area contributed by atoms with Crippen LogP contribution in [0.15, 0.2) is 24.3 Å². The molecule has 0 atom stereocenters. The summed E-state index contributed by atoms with van der Waals surface area (Å²) in [7, 11) is 0. The van der Waals surface area contributed by atoms with Gasteiger partial charge in [-0.1, -0.05) is 24.1 Å². The summed E-state index contributed by atoms with van der Waals surface area (Å²) in [6, 6.07) is 8.70. The number of nitrogens with one attached hydrogen (secondary N) is 1. The van der Waals surface area contributed by atoms with Crippen molar-refractivity contribution in [3.05, 3.63) is 29.8 Å². The molecule has 1 amide bonds. The number of ether oxygens (including phenoxy) is 1. The van der Waals surface area contributed by atoms with Crippen LogP contribution < -0.4 is 9.64 Å². The molecule has 0 radical (unpaired) electrons. The smallest absolute Gasteiger partial charge is 0.260 e. The minimum atomic E-state index is 0.119. The number of piperazine rings is 1. The van der Waals surface area contributed by atoms with Crippen molar-refractivity contribution < 1.29 is 14.4 Å². The summed E-state index contributed by atoms with van der Waals surface area (Å²) >= 11 is 0. The van der Waals surface area contributed by atoms with Crippen molar-refractivity contribution in [1.29, 1.82) is 0 Å². The molecule has 2 fully saturated rings. The predicted octanol–water partition coefficient (Wildman–Crippen LogP) is 1.43. The molecule has 4 nitrogen and oxygen atoms in total. The van der Waals surface area contributed by atoms with E-state index in [2.05, 4.69) is 0 Å². The SMILES string of the molecule is Cc1ccc(OCC(=O)N2CC[NH+](C3CCCCC3)CC2)cc1. The number of carbonyl (C=O) groups is 1. The maximum Gasteiger partial charge on any atom is 0.260 e. The molecule has 0 unspecified atom stereocenters. The standard InChI is InChI=1S/C19H28N2O2/c1-16-7-9-18(10-8-16)23-15-19(22)21-13-11-20(12-14-21)17-5-3-2-4-6-17/h7-10,17H,2-6,11-15H2,1H3/p+1. The van der Waals surface area contributed by atoms with Crippen molar-refractivity contribution in [2.75, 3.05) is 32.8 Å². The van der Waals surface area contributed by atoms with Gasteiger partial charge in [-0.15, -0.1) is 0 Å². The van der Waals surface area contributed by atoms with Crippen molar-refractivity contribution in [1.82, 2.24) is 4.90 Å². The van der Waals surface area contributed by atoms with Crippen LogP contribution in [0.2, 0.25) is 0 Å². The van der Waals surface area contributed by atoms with Gasteiger partial charge in [0.1, 0.15) is 5.75 Å². The second kappa shape index (κ2) is 7.82. The lowest BCUT2D eigenvalue weighted by Gasteiger charge is -2.38. The molecular formula is C19H29N2O2+. The van der Waals surface area contributed by atoms with E-state index in [0.717, 1.165) is 38.0 Å². The molecule has 126 valence electrons. The predicted molar refractivity (Wildman–Crippen MR) is 90.8 cm³/mol. The number of amides is 1. The third-order valence-corrected chi connectivity index (χ3v) is 5.32. The van der Waals surface area contributed by atoms with Crippen LogP contribution in [0.5, 0.6) is 5.75 Å². The third kappa shape index (κ3) is 4.47. The van der Waals surface area contributed by atoms with E-state index in [0.29, 0.717) is 0 Å². The molecule has 1 saturated carbocycles. The fourth-order valence-electron chi connectivity index (χ4n) is 3.83. The van der Waals surface area contributed by atoms with E-state index in [-0.39, 0.29) is 12.5 Å². The monoisotopic (exact) mass is 317 g/mol. The van der Waals surface area contributed by atoms with E-state index in [1.807, 2.05) is 36.1 Å². The molecule has 1 saturated heterocycles. The molecule has 1 aromatic carbocycles. The molecule has 0 aromatic heterocycles. The second-order valence-corrected chi connectivity index (χ2v) is 6.98. The van der Waals surface area contributed by atoms with Crippen LogP contribution in [-0.4, -0.2) is 49.6 Å². The summed E-state index contributed by atoms with van der Waals surface area (Å²) in [6.07, 6.45) is 6.94. The number of quaternary nitrogens is 1. The van der Waals surface area contributed by atoms with Gasteiger partial charge in [-0.05, 0) is 44.7 Å². The molecule has 1 aromatic rings. The maximum atomic E-state index is 12.3. The largest absolute Gasteiger partial charge is 0.484 e. The summed E-state index contributed by atoms with van der Waals surface area (Å²) in [4.78, 5) is 16.0. The van der Waals surface area contributed by atoms with Crippen LogP contribution in [-0.2, 0) is 4.79 Å². The molecule has 0 spiro atoms. The number of carbonyl (C=O) groups excluding carboxylic acids is 1. The van der Waals surface area contributed by atoms with Gasteiger partial charge in [0.2, 0.25) is 0 Å². The Morgan fingerprint density at radius 1 is 1.13 bits per heavy atom. The van der Waals surface area contributed by atoms with E-state index in [1.165, 1.54) is 37.7 Å². The number of hydrogen-bond donors (Lipinski definition) is 1. The van der Waals surface area contributed by atoms with Crippen LogP contribution in [0.25, 0.3) is 0 Å². The van der Waals surface area contributed by atoms with Crippen LogP contribution in [0.4, 0.5) is 0 Å². The Hall–Kier alpha value is -1.55. The maximum absolute atomic E-state index is 12.3. The molecule has 1 aliphatic carbocycles. The lowest BCUT2D eigenvalue weighted by atomic mass is 9.94. The first kappa shape index (κ1) is 16.3. The lowest BCUT2D eigenvalue weighted by molar-refractivity contribution is -0.930. The fraction of sp³-hybridized carbons (Fsp3) is 0.632. The summed E-state index contributed by atoms with van der Waals surface area (Å²) in [5.41, 5.74) is 1.20. The first-order valence-electron chi connectivity index (χ1n) is 9.04. The Morgan fingerprint density at radius 2 is 1.78 bits per heavy atom. The van der Waals surface area contributed by atoms with Gasteiger partial charge in [-0.25, -0.2) is 0 Å². The Kier molecular flexibility index (Phi) is 5.55. The molecule has 1 aliphatic heterocycles. The van der Waals surface area contributed by atoms with E-state index >= 15 is 0 Å². The quantitative estimate of drug-likeness (QED) is 0.912. The number of hydrogen-bond acceptors (Lipinski definition) is 2. The highest BCUT2D eigenvalue weighted by molar-refractivity contribution is 5.77. The van der Waals surface area contributed by atoms with Gasteiger partial charge in [0.05, 0.1) is 32.2 Å². The van der Waals surface area contributed by atoms with Gasteiger partial charge >= 0.3 is 0 Å². The minimum absolute atomic E-state index is 0.119. The van der Waals surface area contributed by atoms with Crippen LogP contribution >= 0.6 is 0 Å². The third-order valence-electron chi connectivity index (χ3n) is 5.32. The number of benzene rings is 1. The van der Waals surface area contributed by atoms with Gasteiger partial charge in [-0.2, -0.15) is 0 Å². The minimum Gasteiger partial charge on any atom is -0.484 e. The van der Waals surface area contributed by atoms with E-state index in [1.54, 1.807) is 4.90 Å². The zero-order chi connectivity index (χ0) is 16.1. The number of nitrogens with zero attached hydrogens (tertiary/aromatic N) is 1. The van der Waals surface area contributed by atoms with E-state index in [4.69, 9.17) is 4.74 Å². The van der Waals surface area contributed by atoms with Crippen molar-refractivity contribution in [2.24, 2.45) is 0 Å². The van der Waals surface area contributed by atoms with Gasteiger partial charge < -0.3 is 14.5 Å². The zero-order valence-corrected chi connectivity index (χ0v) is 14.2. The first-order chi connectivity index (χ1) is 11.2. The highest BCUT2D eigenvalue weighted by Gasteiger charge is 2.30. The van der Waals surface area contributed by atoms with E-state index < -0.39 is 0 Å². The molecule has 3 rings (SSSR count). The Labute approximate surface area is 139 Å². The topological polar surface area (TPSA) is 34.0 Å². The normalized spacial score (nSPS) is 20.5. The van der Waals surface area contributed by atoms with Gasteiger partial charge in [0.15, 0.2) is 6.61 Å². The highest BCUT2D eigenvalue weighted by atomic mass is 16.5. The Balaban J connectivity index is 1.41. The summed E-state index contributed by atoms with van der Waals surface area (Å²) < 4.78 is 5.62. The molecule has 1 N–H and O–H groups in total. The van der Waals surface area contributed by atoms with E-state index in [9.17, 15) is 4.79 Å². The second-order valence-electron chi connectivity index (χ2n) is 6.98. The van der Waals surface area contributed by atoms with Gasteiger partial charge in [0, 0.05) is 0 Å². The van der Waals surface area contributed by atoms with Crippen LogP contribution in [0.1, 0.15) is 37.7 Å². The summed E-state index contributed by atoms with van der Waals surface area (Å²) in [6.45, 7) is 6.15. The summed E-state index contributed by atoms with van der Waals surface area (Å²) in [5.74, 6) is 0.892. The van der Waals surface area contributed by atoms with Gasteiger partial charge in [0.25, 0.3) is 5.91 Å². The average Bonchev–Trinajstić information content (AvgIpc) is 2.62. The van der Waals surface area contributed by atoms with Crippen molar-refractivity contribution >= 4 is 5.91 Å². The first-order valence-corrected chi connectivity index (χ1v) is 9.04. The lowest BCUT2D eigenvalue weighted by Crippen LogP contribution is -3.18. The van der Waals surface area contributed by atoms with Crippen molar-refractivity contribution in [2.45, 2.75) is 45.1 Å². The zero-order valence-electron chi connectivity index (χ0n) is 14.2. The van der Waals surface area contributed by atoms with Crippen LogP contribution in [0.3, 0.4) is 0 Å². The molecule has 23 heavy (non-hydrogen) atoms. The van der Waals surface area contributed by atoms with Crippen molar-refractivity contribution in [3.63, 3.8) is 0 Å². The number of rotatable bonds is 4. The molecule has 0 bridgehead atoms. The molecular weight excluding hydrogens is 288 g/mol. The Bertz CT molecular complexity index is 501. The number of aryl methyl sites for hydroxylation is 1. The van der Waals surface area contributed by atoms with Crippen molar-refractivity contribution in [3.8, 4) is 5.75 Å². The summed E-state index contributed by atoms with van der Waals surface area (Å²) in [5, 5.41) is 0. The highest BCUT2D eigenvalue weighted by Crippen LogP contribution is 2.16. The molecule has 2 aliphatic rings. The van der Waals surface area contributed by atoms with Gasteiger partial charge in [-0.3, -0.25) is 4.79 Å². The molecule has 4 heteroatoms. The van der Waals surface area contributed by atoms with Crippen LogP contribution in [0, 0.1) is 6.92 Å². The fourth-order valence-corrected chi connectivity index (χ4v) is 3.83. The average molecular weight is 317 g/mol. The Morgan fingerprint density at radius 3 is 2.43 bits per heavy atom. The molecule has 1 heterocycles.